The molecule has 0 unspecified atom stereocenters. The zero-order chi connectivity index (χ0) is 35.5. The Morgan fingerprint density at radius 2 is 1.84 bits per heavy atom. The summed E-state index contributed by atoms with van der Waals surface area (Å²) in [6, 6.07) is 13.6. The Kier molecular flexibility index (Phi) is 11.2. The Morgan fingerprint density at radius 1 is 1.10 bits per heavy atom. The molecule has 0 aliphatic carbocycles. The Balaban J connectivity index is 1.45. The Hall–Kier alpha value is -3.73. The number of imidazole rings is 1. The quantitative estimate of drug-likeness (QED) is 0.188. The maximum absolute atomic E-state index is 13.9. The van der Waals surface area contributed by atoms with Crippen molar-refractivity contribution in [2.75, 3.05) is 6.61 Å². The third kappa shape index (κ3) is 7.71. The summed E-state index contributed by atoms with van der Waals surface area (Å²) in [5.74, 6) is -2.48. The summed E-state index contributed by atoms with van der Waals surface area (Å²) in [6.07, 6.45) is 1.58. The minimum atomic E-state index is -1.80. The van der Waals surface area contributed by atoms with E-state index in [0.717, 1.165) is 34.0 Å². The number of aliphatic hydroxyl groups excluding tert-OH is 1. The zero-order valence-corrected chi connectivity index (χ0v) is 29.8. The van der Waals surface area contributed by atoms with Gasteiger partial charge in [-0.05, 0) is 68.9 Å². The zero-order valence-electron chi connectivity index (χ0n) is 29.8. The highest BCUT2D eigenvalue weighted by atomic mass is 16.6. The van der Waals surface area contributed by atoms with Crippen LogP contribution in [0.25, 0.3) is 10.8 Å². The molecule has 5 rings (SSSR count). The van der Waals surface area contributed by atoms with E-state index < -0.39 is 65.3 Å². The van der Waals surface area contributed by atoms with E-state index in [1.807, 2.05) is 77.1 Å². The van der Waals surface area contributed by atoms with Gasteiger partial charge in [0.2, 0.25) is 0 Å². The lowest BCUT2D eigenvalue weighted by Crippen LogP contribution is -2.56. The second kappa shape index (κ2) is 15.0. The third-order valence-corrected chi connectivity index (χ3v) is 10.5. The monoisotopic (exact) mass is 676 g/mol. The maximum Gasteiger partial charge on any atom is 0.311 e. The van der Waals surface area contributed by atoms with Gasteiger partial charge in [0, 0.05) is 30.8 Å². The fourth-order valence-corrected chi connectivity index (χ4v) is 7.86. The first-order valence-electron chi connectivity index (χ1n) is 17.5. The first-order valence-corrected chi connectivity index (χ1v) is 17.5. The van der Waals surface area contributed by atoms with Crippen molar-refractivity contribution in [3.63, 3.8) is 0 Å². The van der Waals surface area contributed by atoms with E-state index in [9.17, 15) is 19.8 Å². The molecule has 0 spiro atoms. The van der Waals surface area contributed by atoms with Crippen LogP contribution in [0.3, 0.4) is 0 Å². The molecule has 10 heteroatoms. The Labute approximate surface area is 289 Å². The molecular formula is C39H52N2O8. The van der Waals surface area contributed by atoms with Crippen LogP contribution in [0, 0.1) is 17.8 Å². The smallest absolute Gasteiger partial charge is 0.311 e. The summed E-state index contributed by atoms with van der Waals surface area (Å²) < 4.78 is 25.3. The second-order valence-electron chi connectivity index (χ2n) is 14.4. The number of aromatic amines is 1. The SMILES string of the molecule is CC[C@@H]1OC(=O)[C@H](C)[C@@H](OCCCc2cnc[nH]2)[C@H](C)[C@@H](O)[C@@]2(C)CC(C)=C(O2)[C@H](C)[C@@H](OC(=O)Cc2cccc3ccccc23)[C@]1(C)O. The molecule has 2 aliphatic rings. The van der Waals surface area contributed by atoms with Gasteiger partial charge in [0.15, 0.2) is 0 Å². The number of ether oxygens (including phenoxy) is 4. The summed E-state index contributed by atoms with van der Waals surface area (Å²) in [5.41, 5.74) is -0.170. The van der Waals surface area contributed by atoms with Gasteiger partial charge >= 0.3 is 11.9 Å². The van der Waals surface area contributed by atoms with E-state index in [1.54, 1.807) is 26.4 Å². The normalized spacial score (nSPS) is 32.5. The molecule has 0 amide bonds. The lowest BCUT2D eigenvalue weighted by molar-refractivity contribution is -0.202. The number of H-pyrrole nitrogens is 1. The number of carbonyl (C=O) groups excluding carboxylic acids is 2. The number of esters is 2. The van der Waals surface area contributed by atoms with E-state index in [2.05, 4.69) is 9.97 Å². The van der Waals surface area contributed by atoms with E-state index in [1.165, 1.54) is 0 Å². The fraction of sp³-hybridized carbons (Fsp3) is 0.564. The lowest BCUT2D eigenvalue weighted by Gasteiger charge is -2.41. The molecule has 49 heavy (non-hydrogen) atoms. The number of hydrogen-bond donors (Lipinski definition) is 3. The topological polar surface area (TPSA) is 140 Å². The van der Waals surface area contributed by atoms with Gasteiger partial charge in [-0.15, -0.1) is 0 Å². The molecular weight excluding hydrogens is 624 g/mol. The first-order chi connectivity index (χ1) is 23.3. The van der Waals surface area contributed by atoms with E-state index in [-0.39, 0.29) is 12.8 Å². The summed E-state index contributed by atoms with van der Waals surface area (Å²) in [5, 5.41) is 26.1. The molecule has 3 N–H and O–H groups in total. The van der Waals surface area contributed by atoms with E-state index >= 15 is 0 Å². The lowest BCUT2D eigenvalue weighted by atomic mass is 9.79. The van der Waals surface area contributed by atoms with Crippen LogP contribution in [0.1, 0.15) is 79.0 Å². The third-order valence-electron chi connectivity index (χ3n) is 10.5. The highest BCUT2D eigenvalue weighted by Gasteiger charge is 2.54. The number of carbonyl (C=O) groups is 2. The number of hydrogen-bond acceptors (Lipinski definition) is 9. The van der Waals surface area contributed by atoms with Gasteiger partial charge in [0.25, 0.3) is 0 Å². The summed E-state index contributed by atoms with van der Waals surface area (Å²) in [7, 11) is 0. The fourth-order valence-electron chi connectivity index (χ4n) is 7.86. The van der Waals surface area contributed by atoms with Gasteiger partial charge in [-0.3, -0.25) is 9.59 Å². The summed E-state index contributed by atoms with van der Waals surface area (Å²) in [4.78, 5) is 34.7. The molecule has 0 saturated carbocycles. The van der Waals surface area contributed by atoms with Crippen molar-refractivity contribution in [2.45, 2.75) is 116 Å². The molecule has 3 heterocycles. The molecule has 9 atom stereocenters. The highest BCUT2D eigenvalue weighted by molar-refractivity contribution is 5.89. The molecule has 2 bridgehead atoms. The minimum Gasteiger partial charge on any atom is -0.488 e. The number of cyclic esters (lactones) is 1. The molecule has 0 radical (unpaired) electrons. The number of aryl methyl sites for hydroxylation is 1. The molecule has 1 fully saturated rings. The van der Waals surface area contributed by atoms with Gasteiger partial charge in [0.05, 0.1) is 36.8 Å². The molecule has 2 aliphatic heterocycles. The predicted octanol–water partition coefficient (Wildman–Crippen LogP) is 5.84. The van der Waals surface area contributed by atoms with Crippen LogP contribution in [-0.2, 0) is 41.4 Å². The maximum atomic E-state index is 13.9. The number of aromatic nitrogens is 2. The van der Waals surface area contributed by atoms with Crippen LogP contribution >= 0.6 is 0 Å². The number of nitrogens with one attached hydrogen (secondary N) is 1. The van der Waals surface area contributed by atoms with Crippen molar-refractivity contribution >= 4 is 22.7 Å². The van der Waals surface area contributed by atoms with Gasteiger partial charge in [0.1, 0.15) is 29.2 Å². The van der Waals surface area contributed by atoms with Crippen LogP contribution in [0.2, 0.25) is 0 Å². The number of nitrogens with zero attached hydrogens (tertiary/aromatic N) is 1. The predicted molar refractivity (Wildman–Crippen MR) is 185 cm³/mol. The number of rotatable bonds is 9. The van der Waals surface area contributed by atoms with Gasteiger partial charge in [-0.1, -0.05) is 63.2 Å². The van der Waals surface area contributed by atoms with Gasteiger partial charge in [-0.25, -0.2) is 4.98 Å². The van der Waals surface area contributed by atoms with Crippen molar-refractivity contribution in [1.29, 1.82) is 0 Å². The minimum absolute atomic E-state index is 0.0134. The molecule has 266 valence electrons. The second-order valence-corrected chi connectivity index (χ2v) is 14.4. The molecule has 1 saturated heterocycles. The largest absolute Gasteiger partial charge is 0.488 e. The number of aliphatic hydroxyl groups is 2. The standard InChI is InChI=1S/C39H52N2O8/c1-8-31-39(7,45)36(48-32(42)19-28-15-11-14-27-13-9-10-17-30(27)28)25(4)33-23(2)20-38(6,49-33)35(43)24(3)34(26(5)37(44)47-31)46-18-12-16-29-21-40-22-41-29/h9-11,13-15,17,21-22,24-26,31,34-36,43,45H,8,12,16,18-20H2,1-7H3,(H,40,41)/t24-,25-,26+,31-,34-,35+,36+,38+,39+/m0/s1. The van der Waals surface area contributed by atoms with Crippen molar-refractivity contribution in [2.24, 2.45) is 17.8 Å². The highest BCUT2D eigenvalue weighted by Crippen LogP contribution is 2.45. The van der Waals surface area contributed by atoms with Crippen LogP contribution in [-0.4, -0.2) is 74.3 Å². The average Bonchev–Trinajstić information content (AvgIpc) is 3.71. The Bertz CT molecular complexity index is 1630. The number of fused-ring (bicyclic) bond motifs is 3. The van der Waals surface area contributed by atoms with Crippen LogP contribution in [0.5, 0.6) is 0 Å². The molecule has 10 nitrogen and oxygen atoms in total. The van der Waals surface area contributed by atoms with E-state index in [0.29, 0.717) is 25.2 Å². The van der Waals surface area contributed by atoms with Crippen molar-refractivity contribution in [3.8, 4) is 0 Å². The number of benzene rings is 2. The van der Waals surface area contributed by atoms with E-state index in [4.69, 9.17) is 18.9 Å². The van der Waals surface area contributed by atoms with Crippen LogP contribution in [0.4, 0.5) is 0 Å². The molecule has 3 aromatic rings. The Morgan fingerprint density at radius 3 is 2.55 bits per heavy atom. The van der Waals surface area contributed by atoms with Crippen molar-refractivity contribution in [1.82, 2.24) is 9.97 Å². The van der Waals surface area contributed by atoms with Gasteiger partial charge in [-0.2, -0.15) is 0 Å². The van der Waals surface area contributed by atoms with Crippen LogP contribution in [0.15, 0.2) is 66.3 Å². The van der Waals surface area contributed by atoms with Crippen molar-refractivity contribution in [3.05, 3.63) is 77.6 Å². The van der Waals surface area contributed by atoms with Gasteiger partial charge < -0.3 is 34.1 Å². The molecule has 2 aromatic carbocycles. The van der Waals surface area contributed by atoms with Crippen molar-refractivity contribution < 1.29 is 38.7 Å². The summed E-state index contributed by atoms with van der Waals surface area (Å²) in [6.45, 7) is 12.9. The average molecular weight is 677 g/mol. The summed E-state index contributed by atoms with van der Waals surface area (Å²) >= 11 is 0. The first kappa shape index (κ1) is 36.5. The molecule has 1 aromatic heterocycles. The van der Waals surface area contributed by atoms with Crippen LogP contribution < -0.4 is 0 Å².